The van der Waals surface area contributed by atoms with E-state index < -0.39 is 5.91 Å². The molecule has 158 valence electrons. The Morgan fingerprint density at radius 3 is 2.65 bits per heavy atom. The summed E-state index contributed by atoms with van der Waals surface area (Å²) in [7, 11) is 0. The van der Waals surface area contributed by atoms with Crippen molar-refractivity contribution in [2.24, 2.45) is 0 Å². The number of nitrogens with one attached hydrogen (secondary N) is 1. The van der Waals surface area contributed by atoms with E-state index in [2.05, 4.69) is 14.9 Å². The topological polar surface area (TPSA) is 98.7 Å². The van der Waals surface area contributed by atoms with Crippen LogP contribution < -0.4 is 10.4 Å². The van der Waals surface area contributed by atoms with Crippen molar-refractivity contribution in [3.05, 3.63) is 71.5 Å². The van der Waals surface area contributed by atoms with Crippen LogP contribution in [0, 0.1) is 0 Å². The molecule has 0 unspecified atom stereocenters. The van der Waals surface area contributed by atoms with Crippen LogP contribution in [0.1, 0.15) is 16.1 Å². The van der Waals surface area contributed by atoms with Crippen molar-refractivity contribution in [3.8, 4) is 10.6 Å². The number of hydrogen-bond acceptors (Lipinski definition) is 7. The van der Waals surface area contributed by atoms with Gasteiger partial charge in [-0.2, -0.15) is 0 Å². The quantitative estimate of drug-likeness (QED) is 0.363. The lowest BCUT2D eigenvalue weighted by atomic mass is 10.1. The first-order valence-electron chi connectivity index (χ1n) is 9.77. The Hall–Kier alpha value is -3.56. The van der Waals surface area contributed by atoms with Gasteiger partial charge in [0.2, 0.25) is 0 Å². The number of hydrogen-bond donors (Lipinski definition) is 2. The second kappa shape index (κ2) is 9.50. The van der Waals surface area contributed by atoms with Crippen LogP contribution in [-0.4, -0.2) is 58.1 Å². The maximum atomic E-state index is 12.9. The van der Waals surface area contributed by atoms with Gasteiger partial charge in [0.05, 0.1) is 0 Å². The van der Waals surface area contributed by atoms with Crippen LogP contribution in [0.4, 0.5) is 5.69 Å². The van der Waals surface area contributed by atoms with Gasteiger partial charge in [-0.15, -0.1) is 11.3 Å². The molecule has 31 heavy (non-hydrogen) atoms. The minimum atomic E-state index is -0.584. The van der Waals surface area contributed by atoms with Gasteiger partial charge in [0.25, 0.3) is 11.8 Å². The number of carbonyl (C=O) groups excluding carboxylic acids is 2. The van der Waals surface area contributed by atoms with E-state index in [1.807, 2.05) is 41.3 Å². The van der Waals surface area contributed by atoms with E-state index in [4.69, 9.17) is 5.21 Å². The van der Waals surface area contributed by atoms with Crippen molar-refractivity contribution in [2.45, 2.75) is 0 Å². The zero-order chi connectivity index (χ0) is 21.6. The number of nitrogens with zero attached hydrogens (tertiary/aromatic N) is 4. The lowest BCUT2D eigenvalue weighted by molar-refractivity contribution is -0.124. The van der Waals surface area contributed by atoms with Gasteiger partial charge < -0.3 is 9.80 Å². The van der Waals surface area contributed by atoms with Gasteiger partial charge in [-0.3, -0.25) is 19.8 Å². The van der Waals surface area contributed by atoms with Crippen LogP contribution in [0.2, 0.25) is 0 Å². The molecule has 0 atom stereocenters. The van der Waals surface area contributed by atoms with Gasteiger partial charge in [0.1, 0.15) is 10.7 Å². The molecule has 0 saturated carbocycles. The molecule has 3 aromatic rings. The summed E-state index contributed by atoms with van der Waals surface area (Å²) >= 11 is 1.44. The fourth-order valence-corrected chi connectivity index (χ4v) is 4.21. The number of hydroxylamine groups is 1. The summed E-state index contributed by atoms with van der Waals surface area (Å²) in [5.41, 5.74) is 4.78. The number of aromatic nitrogens is 2. The Labute approximate surface area is 183 Å². The zero-order valence-electron chi connectivity index (χ0n) is 16.6. The van der Waals surface area contributed by atoms with Crippen molar-refractivity contribution in [1.82, 2.24) is 20.3 Å². The molecule has 0 aliphatic carbocycles. The summed E-state index contributed by atoms with van der Waals surface area (Å²) in [5.74, 6) is -0.655. The molecular weight excluding hydrogens is 414 g/mol. The number of benzene rings is 1. The first-order valence-corrected chi connectivity index (χ1v) is 10.6. The van der Waals surface area contributed by atoms with Crippen LogP contribution in [0.15, 0.2) is 60.2 Å². The number of piperazine rings is 1. The van der Waals surface area contributed by atoms with Gasteiger partial charge in [0.15, 0.2) is 0 Å². The van der Waals surface area contributed by atoms with Crippen molar-refractivity contribution in [2.75, 3.05) is 31.1 Å². The molecule has 4 rings (SSSR count). The van der Waals surface area contributed by atoms with E-state index in [9.17, 15) is 9.59 Å². The molecule has 1 fully saturated rings. The number of pyridine rings is 1. The Kier molecular flexibility index (Phi) is 6.34. The Morgan fingerprint density at radius 1 is 1.10 bits per heavy atom. The van der Waals surface area contributed by atoms with Crippen molar-refractivity contribution < 1.29 is 14.8 Å². The highest BCUT2D eigenvalue weighted by atomic mass is 32.1. The van der Waals surface area contributed by atoms with E-state index in [-0.39, 0.29) is 5.91 Å². The molecule has 1 aliphatic rings. The van der Waals surface area contributed by atoms with Gasteiger partial charge in [-0.05, 0) is 29.8 Å². The molecule has 0 radical (unpaired) electrons. The number of rotatable bonds is 5. The lowest BCUT2D eigenvalue weighted by Gasteiger charge is -2.36. The third kappa shape index (κ3) is 4.79. The summed E-state index contributed by atoms with van der Waals surface area (Å²) in [5, 5.41) is 11.2. The number of carbonyl (C=O) groups is 2. The largest absolute Gasteiger partial charge is 0.367 e. The first kappa shape index (κ1) is 20.7. The fraction of sp³-hybridized carbons (Fsp3) is 0.182. The van der Waals surface area contributed by atoms with Gasteiger partial charge in [-0.1, -0.05) is 18.2 Å². The molecule has 0 bridgehead atoms. The van der Waals surface area contributed by atoms with Crippen molar-refractivity contribution in [3.63, 3.8) is 0 Å². The highest BCUT2D eigenvalue weighted by molar-refractivity contribution is 7.13. The van der Waals surface area contributed by atoms with E-state index in [0.29, 0.717) is 31.9 Å². The first-order chi connectivity index (χ1) is 15.2. The minimum absolute atomic E-state index is 0.0705. The lowest BCUT2D eigenvalue weighted by Crippen LogP contribution is -2.49. The van der Waals surface area contributed by atoms with Crippen LogP contribution in [0.3, 0.4) is 0 Å². The fourth-order valence-electron chi connectivity index (χ4n) is 3.43. The van der Waals surface area contributed by atoms with Gasteiger partial charge in [-0.25, -0.2) is 10.5 Å². The second-order valence-electron chi connectivity index (χ2n) is 6.93. The monoisotopic (exact) mass is 435 g/mol. The Morgan fingerprint density at radius 2 is 1.90 bits per heavy atom. The molecular formula is C22H21N5O3S. The van der Waals surface area contributed by atoms with E-state index in [0.717, 1.165) is 21.8 Å². The molecule has 2 amide bonds. The Bertz CT molecular complexity index is 1090. The third-order valence-electron chi connectivity index (χ3n) is 5.00. The molecule has 9 heteroatoms. The van der Waals surface area contributed by atoms with E-state index in [1.54, 1.807) is 29.3 Å². The van der Waals surface area contributed by atoms with Gasteiger partial charge in [0, 0.05) is 61.3 Å². The average Bonchev–Trinajstić information content (AvgIpc) is 3.33. The summed E-state index contributed by atoms with van der Waals surface area (Å²) in [4.78, 5) is 36.8. The van der Waals surface area contributed by atoms with Crippen LogP contribution in [0.5, 0.6) is 0 Å². The standard InChI is InChI=1S/C22H21N5O3S/c28-20(25-30)8-7-16-4-1-2-6-19(16)26-10-12-27(13-11-26)22(29)18-15-31-21(24-18)17-5-3-9-23-14-17/h1-9,14-15,30H,10-13H2,(H,25,28)/b8-7+. The molecule has 3 heterocycles. The maximum absolute atomic E-state index is 12.9. The van der Waals surface area contributed by atoms with E-state index >= 15 is 0 Å². The predicted octanol–water partition coefficient (Wildman–Crippen LogP) is 2.69. The third-order valence-corrected chi connectivity index (χ3v) is 5.89. The number of thiazole rings is 1. The highest BCUT2D eigenvalue weighted by Crippen LogP contribution is 2.25. The van der Waals surface area contributed by atoms with E-state index in [1.165, 1.54) is 17.4 Å². The normalized spacial score (nSPS) is 14.1. The van der Waals surface area contributed by atoms with Crippen LogP contribution in [-0.2, 0) is 4.79 Å². The number of amides is 2. The number of anilines is 1. The molecule has 0 spiro atoms. The molecule has 2 N–H and O–H groups in total. The highest BCUT2D eigenvalue weighted by Gasteiger charge is 2.25. The number of para-hydroxylation sites is 1. The summed E-state index contributed by atoms with van der Waals surface area (Å²) in [6, 6.07) is 11.5. The smallest absolute Gasteiger partial charge is 0.273 e. The SMILES string of the molecule is O=C(/C=C/c1ccccc1N1CCN(C(=O)c2csc(-c3cccnc3)n2)CC1)NO. The zero-order valence-corrected chi connectivity index (χ0v) is 17.5. The van der Waals surface area contributed by atoms with Crippen molar-refractivity contribution in [1.29, 1.82) is 0 Å². The summed E-state index contributed by atoms with van der Waals surface area (Å²) in [6.07, 6.45) is 6.38. The summed E-state index contributed by atoms with van der Waals surface area (Å²) in [6.45, 7) is 2.49. The van der Waals surface area contributed by atoms with Crippen molar-refractivity contribution >= 4 is 34.9 Å². The minimum Gasteiger partial charge on any atom is -0.367 e. The molecule has 1 aliphatic heterocycles. The molecule has 2 aromatic heterocycles. The second-order valence-corrected chi connectivity index (χ2v) is 7.79. The molecule has 1 aromatic carbocycles. The molecule has 1 saturated heterocycles. The predicted molar refractivity (Wildman–Crippen MR) is 119 cm³/mol. The Balaban J connectivity index is 1.42. The summed E-state index contributed by atoms with van der Waals surface area (Å²) < 4.78 is 0. The average molecular weight is 436 g/mol. The van der Waals surface area contributed by atoms with Gasteiger partial charge >= 0.3 is 0 Å². The maximum Gasteiger partial charge on any atom is 0.273 e. The molecule has 8 nitrogen and oxygen atoms in total. The van der Waals surface area contributed by atoms with Crippen LogP contribution >= 0.6 is 11.3 Å². The van der Waals surface area contributed by atoms with Crippen LogP contribution in [0.25, 0.3) is 16.6 Å².